The number of fused-ring (bicyclic) bond motifs is 1. The smallest absolute Gasteiger partial charge is 0.0175 e. The first-order chi connectivity index (χ1) is 10.3. The first-order valence-corrected chi connectivity index (χ1v) is 11.4. The molecule has 0 fully saturated rings. The van der Waals surface area contributed by atoms with Gasteiger partial charge in [-0.05, 0) is 30.1 Å². The van der Waals surface area contributed by atoms with Crippen molar-refractivity contribution in [3.05, 3.63) is 35.6 Å². The Kier molecular flexibility index (Phi) is 6.97. The quantitative estimate of drug-likeness (QED) is 0.343. The molecule has 1 aromatic carbocycles. The average Bonchev–Trinajstić information content (AvgIpc) is 2.84. The first-order valence-electron chi connectivity index (χ1n) is 8.90. The van der Waals surface area contributed by atoms with Crippen LogP contribution in [-0.2, 0) is 0 Å². The van der Waals surface area contributed by atoms with E-state index in [2.05, 4.69) is 49.7 Å². The zero-order chi connectivity index (χ0) is 15.0. The molecule has 0 saturated heterocycles. The Morgan fingerprint density at radius 3 is 2.14 bits per heavy atom. The second-order valence-electron chi connectivity index (χ2n) is 6.69. The van der Waals surface area contributed by atoms with Crippen LogP contribution in [0.3, 0.4) is 0 Å². The van der Waals surface area contributed by atoms with Gasteiger partial charge in [-0.3, -0.25) is 0 Å². The predicted octanol–water partition coefficient (Wildman–Crippen LogP) is 6.47. The van der Waals surface area contributed by atoms with Crippen molar-refractivity contribution in [3.8, 4) is 0 Å². The molecule has 1 aliphatic rings. The van der Waals surface area contributed by atoms with E-state index >= 15 is 0 Å². The minimum atomic E-state index is -0.961. The van der Waals surface area contributed by atoms with Crippen molar-refractivity contribution in [2.24, 2.45) is 0 Å². The fraction of sp³-hybridized carbons (Fsp3) is 0.600. The van der Waals surface area contributed by atoms with Crippen LogP contribution in [0, 0.1) is 0 Å². The van der Waals surface area contributed by atoms with Crippen LogP contribution in [0.4, 0.5) is 0 Å². The van der Waals surface area contributed by atoms with E-state index in [-0.39, 0.29) is 0 Å². The van der Waals surface area contributed by atoms with Crippen LogP contribution >= 0.6 is 7.26 Å². The standard InChI is InChI=1S/C20H32P/c1-3-4-5-6-7-8-9-10-13-17-21(2)18-16-19-14-11-12-15-20(19)21/h11-12,14-16,18H,3-10,13,17H2,1-2H3. The Hall–Kier alpha value is -0.610. The fourth-order valence-electron chi connectivity index (χ4n) is 3.36. The topological polar surface area (TPSA) is 0 Å². The van der Waals surface area contributed by atoms with Crippen LogP contribution in [0.15, 0.2) is 30.1 Å². The molecule has 0 amide bonds. The molecule has 1 aliphatic heterocycles. The number of benzene rings is 1. The average molecular weight is 303 g/mol. The Bertz CT molecular complexity index is 449. The zero-order valence-electron chi connectivity index (χ0n) is 14.0. The lowest BCUT2D eigenvalue weighted by Crippen LogP contribution is -2.10. The Balaban J connectivity index is 1.60. The normalized spacial score (nSPS) is 19.9. The minimum absolute atomic E-state index is 0.961. The summed E-state index contributed by atoms with van der Waals surface area (Å²) in [4.78, 5) is 0. The van der Waals surface area contributed by atoms with Crippen molar-refractivity contribution in [3.63, 3.8) is 0 Å². The maximum atomic E-state index is 2.53. The highest BCUT2D eigenvalue weighted by molar-refractivity contribution is 7.85. The predicted molar refractivity (Wildman–Crippen MR) is 100 cm³/mol. The van der Waals surface area contributed by atoms with Crippen LogP contribution in [0.5, 0.6) is 0 Å². The second kappa shape index (κ2) is 8.74. The summed E-state index contributed by atoms with van der Waals surface area (Å²) >= 11 is 0. The van der Waals surface area contributed by atoms with E-state index in [9.17, 15) is 0 Å². The molecule has 1 aromatic rings. The monoisotopic (exact) mass is 303 g/mol. The molecule has 1 heteroatoms. The number of unbranched alkanes of at least 4 members (excludes halogenated alkanes) is 8. The van der Waals surface area contributed by atoms with Crippen molar-refractivity contribution < 1.29 is 0 Å². The van der Waals surface area contributed by atoms with Gasteiger partial charge >= 0.3 is 0 Å². The lowest BCUT2D eigenvalue weighted by molar-refractivity contribution is 0.573. The van der Waals surface area contributed by atoms with Crippen LogP contribution in [0.1, 0.15) is 70.3 Å². The molecule has 117 valence electrons. The molecule has 2 rings (SSSR count). The van der Waals surface area contributed by atoms with Gasteiger partial charge in [0.1, 0.15) is 0 Å². The third-order valence-electron chi connectivity index (χ3n) is 4.80. The maximum Gasteiger partial charge on any atom is -0.0175 e. The highest BCUT2D eigenvalue weighted by atomic mass is 31.2. The molecule has 0 saturated carbocycles. The lowest BCUT2D eigenvalue weighted by Gasteiger charge is -2.26. The summed E-state index contributed by atoms with van der Waals surface area (Å²) in [7, 11) is -0.961. The van der Waals surface area contributed by atoms with E-state index in [0.717, 1.165) is 0 Å². The second-order valence-corrected chi connectivity index (χ2v) is 10.5. The van der Waals surface area contributed by atoms with Crippen molar-refractivity contribution in [1.29, 1.82) is 0 Å². The maximum absolute atomic E-state index is 2.53. The third-order valence-corrected chi connectivity index (χ3v) is 8.36. The molecule has 0 aliphatic carbocycles. The van der Waals surface area contributed by atoms with E-state index in [1.165, 1.54) is 69.5 Å². The van der Waals surface area contributed by atoms with Crippen molar-refractivity contribution in [2.75, 3.05) is 12.8 Å². The van der Waals surface area contributed by atoms with E-state index < -0.39 is 7.26 Å². The highest BCUT2D eigenvalue weighted by Crippen LogP contribution is 2.60. The zero-order valence-corrected chi connectivity index (χ0v) is 14.9. The molecule has 0 N–H and O–H groups in total. The van der Waals surface area contributed by atoms with Gasteiger partial charge in [-0.1, -0.05) is 102 Å². The Morgan fingerprint density at radius 2 is 1.43 bits per heavy atom. The number of hydrogen-bond acceptors (Lipinski definition) is 0. The van der Waals surface area contributed by atoms with Gasteiger partial charge in [-0.25, -0.2) is 0 Å². The van der Waals surface area contributed by atoms with E-state index in [1.54, 1.807) is 5.30 Å². The molecule has 0 aromatic heterocycles. The number of rotatable bonds is 10. The number of hydrogen-bond donors (Lipinski definition) is 0. The highest BCUT2D eigenvalue weighted by Gasteiger charge is 2.26. The minimum Gasteiger partial charge on any atom is -0.0796 e. The largest absolute Gasteiger partial charge is 0.0796 e. The molecular weight excluding hydrogens is 271 g/mol. The van der Waals surface area contributed by atoms with Crippen LogP contribution in [-0.4, -0.2) is 12.8 Å². The van der Waals surface area contributed by atoms with Crippen LogP contribution in [0.25, 0.3) is 6.08 Å². The molecule has 0 bridgehead atoms. The molecular formula is C20H32P. The SMILES string of the molecule is CCCCCCCCCCC[P]1(C)C=Cc2ccccc21. The van der Waals surface area contributed by atoms with Gasteiger partial charge in [0.05, 0.1) is 0 Å². The molecule has 1 radical (unpaired) electrons. The molecule has 21 heavy (non-hydrogen) atoms. The summed E-state index contributed by atoms with van der Waals surface area (Å²) in [5.41, 5.74) is 1.48. The summed E-state index contributed by atoms with van der Waals surface area (Å²) < 4.78 is 0. The van der Waals surface area contributed by atoms with Crippen molar-refractivity contribution >= 4 is 18.6 Å². The Labute approximate surface area is 132 Å². The van der Waals surface area contributed by atoms with Gasteiger partial charge in [-0.2, -0.15) is 0 Å². The molecule has 1 unspecified atom stereocenters. The molecule has 1 heterocycles. The van der Waals surface area contributed by atoms with Crippen molar-refractivity contribution in [1.82, 2.24) is 0 Å². The lowest BCUT2D eigenvalue weighted by atomic mass is 10.1. The first kappa shape index (κ1) is 16.8. The van der Waals surface area contributed by atoms with E-state index in [0.29, 0.717) is 0 Å². The fourth-order valence-corrected chi connectivity index (χ4v) is 6.45. The van der Waals surface area contributed by atoms with Crippen molar-refractivity contribution in [2.45, 2.75) is 64.7 Å². The van der Waals surface area contributed by atoms with Crippen LogP contribution in [0.2, 0.25) is 0 Å². The summed E-state index contributed by atoms with van der Waals surface area (Å²) in [6, 6.07) is 9.00. The summed E-state index contributed by atoms with van der Waals surface area (Å²) in [6.45, 7) is 4.80. The van der Waals surface area contributed by atoms with E-state index in [1.807, 2.05) is 0 Å². The summed E-state index contributed by atoms with van der Waals surface area (Å²) in [5.74, 6) is 2.53. The third kappa shape index (κ3) is 4.96. The van der Waals surface area contributed by atoms with Gasteiger partial charge in [-0.15, -0.1) is 0 Å². The van der Waals surface area contributed by atoms with Gasteiger partial charge in [0.25, 0.3) is 0 Å². The molecule has 1 atom stereocenters. The van der Waals surface area contributed by atoms with Gasteiger partial charge in [0.2, 0.25) is 0 Å². The van der Waals surface area contributed by atoms with Gasteiger partial charge < -0.3 is 0 Å². The van der Waals surface area contributed by atoms with E-state index in [4.69, 9.17) is 0 Å². The van der Waals surface area contributed by atoms with Gasteiger partial charge in [0.15, 0.2) is 0 Å². The Morgan fingerprint density at radius 1 is 0.810 bits per heavy atom. The van der Waals surface area contributed by atoms with Gasteiger partial charge in [0, 0.05) is 0 Å². The summed E-state index contributed by atoms with van der Waals surface area (Å²) in [5, 5.41) is 1.64. The molecule has 0 spiro atoms. The summed E-state index contributed by atoms with van der Waals surface area (Å²) in [6.07, 6.45) is 16.6. The molecule has 0 nitrogen and oxygen atoms in total. The van der Waals surface area contributed by atoms with Crippen LogP contribution < -0.4 is 5.30 Å².